The Bertz CT molecular complexity index is 610. The number of unbranched alkanes of at least 4 members (excludes halogenated alkanes) is 30. The maximum atomic E-state index is 12.0. The van der Waals surface area contributed by atoms with Crippen molar-refractivity contribution < 1.29 is 24.2 Å². The van der Waals surface area contributed by atoms with Crippen LogP contribution in [0.1, 0.15) is 232 Å². The summed E-state index contributed by atoms with van der Waals surface area (Å²) in [5.74, 6) is 0. The molecule has 0 aromatic carbocycles. The van der Waals surface area contributed by atoms with E-state index in [1.54, 1.807) is 0 Å². The van der Waals surface area contributed by atoms with Crippen LogP contribution < -0.4 is 0 Å². The third-order valence-corrected chi connectivity index (χ3v) is 10.9. The molecule has 288 valence electrons. The van der Waals surface area contributed by atoms with Crippen LogP contribution in [0, 0.1) is 0 Å². The van der Waals surface area contributed by atoms with E-state index in [4.69, 9.17) is 4.52 Å². The highest BCUT2D eigenvalue weighted by Gasteiger charge is 2.44. The van der Waals surface area contributed by atoms with Gasteiger partial charge in [0, 0.05) is 17.7 Å². The second-order valence-electron chi connectivity index (χ2n) is 14.8. The van der Waals surface area contributed by atoms with Gasteiger partial charge in [-0.3, -0.25) is 4.90 Å². The molecule has 0 aromatic heterocycles. The third-order valence-electron chi connectivity index (χ3n) is 10.4. The molecule has 0 bridgehead atoms. The Kier molecular flexibility index (Phi) is 38.1. The number of nitrogens with zero attached hydrogens (tertiary/aromatic N) is 1. The highest BCUT2D eigenvalue weighted by atomic mass is 31.1. The van der Waals surface area contributed by atoms with Crippen molar-refractivity contribution in [3.05, 3.63) is 0 Å². The average Bonchev–Trinajstić information content (AvgIpc) is 3.07. The van der Waals surface area contributed by atoms with E-state index in [1.165, 1.54) is 180 Å². The van der Waals surface area contributed by atoms with Gasteiger partial charge in [0.1, 0.15) is 0 Å². The van der Waals surface area contributed by atoms with Crippen molar-refractivity contribution in [3.63, 3.8) is 0 Å². The summed E-state index contributed by atoms with van der Waals surface area (Å²) in [5.41, 5.74) is -0.903. The van der Waals surface area contributed by atoms with Crippen LogP contribution in [0.5, 0.6) is 0 Å². The Hall–Kier alpha value is -0.100. The van der Waals surface area contributed by atoms with Crippen molar-refractivity contribution in [3.8, 4) is 0 Å². The van der Waals surface area contributed by atoms with Gasteiger partial charge in [0.25, 0.3) is 0 Å². The second-order valence-corrected chi connectivity index (χ2v) is 15.5. The van der Waals surface area contributed by atoms with Crippen LogP contribution in [-0.4, -0.2) is 52.0 Å². The Labute approximate surface area is 300 Å². The van der Waals surface area contributed by atoms with Crippen LogP contribution in [0.3, 0.4) is 0 Å². The van der Waals surface area contributed by atoms with Crippen LogP contribution in [-0.2, 0) is 9.09 Å². The van der Waals surface area contributed by atoms with E-state index in [0.717, 1.165) is 25.7 Å². The fourth-order valence-corrected chi connectivity index (χ4v) is 7.98. The van der Waals surface area contributed by atoms with Gasteiger partial charge in [-0.2, -0.15) is 0 Å². The lowest BCUT2D eigenvalue weighted by atomic mass is 9.94. The van der Waals surface area contributed by atoms with Gasteiger partial charge in [0.05, 0.1) is 13.2 Å². The summed E-state index contributed by atoms with van der Waals surface area (Å²) in [4.78, 5) is 11.8. The molecular formula is C41H85NO5P+. The van der Waals surface area contributed by atoms with Crippen LogP contribution in [0.4, 0.5) is 0 Å². The zero-order valence-electron chi connectivity index (χ0n) is 32.4. The molecule has 0 aliphatic rings. The molecular weight excluding hydrogens is 617 g/mol. The van der Waals surface area contributed by atoms with Crippen molar-refractivity contribution in [2.45, 2.75) is 238 Å². The summed E-state index contributed by atoms with van der Waals surface area (Å²) >= 11 is 0. The maximum absolute atomic E-state index is 12.0. The summed E-state index contributed by atoms with van der Waals surface area (Å²) in [6, 6.07) is 0. The van der Waals surface area contributed by atoms with Crippen LogP contribution in [0.2, 0.25) is 0 Å². The normalized spacial score (nSPS) is 12.4. The standard InChI is InChI=1S/C41H84NO5P/c1-3-5-7-9-11-13-15-17-19-21-23-25-27-29-31-33-35-41(47-48(45)46,42(37-39-43)38-40-44)36-34-32-30-28-26-24-22-20-18-16-14-12-10-8-6-4-2/h43-44H,3-40H2,1-2H3/p+1. The number of hydrogen-bond donors (Lipinski definition) is 3. The van der Waals surface area contributed by atoms with Crippen LogP contribution >= 0.6 is 8.25 Å². The number of aliphatic hydroxyl groups is 2. The first-order chi connectivity index (χ1) is 23.6. The topological polar surface area (TPSA) is 90.2 Å². The molecule has 0 rings (SSSR count). The minimum Gasteiger partial charge on any atom is -0.395 e. The molecule has 0 radical (unpaired) electrons. The summed E-state index contributed by atoms with van der Waals surface area (Å²) < 4.78 is 17.9. The Morgan fingerprint density at radius 2 is 0.667 bits per heavy atom. The Morgan fingerprint density at radius 1 is 0.438 bits per heavy atom. The van der Waals surface area contributed by atoms with E-state index in [1.807, 2.05) is 4.90 Å². The summed E-state index contributed by atoms with van der Waals surface area (Å²) in [5, 5.41) is 19.5. The maximum Gasteiger partial charge on any atom is 0.696 e. The van der Waals surface area contributed by atoms with E-state index < -0.39 is 14.0 Å². The summed E-state index contributed by atoms with van der Waals surface area (Å²) in [7, 11) is -2.79. The van der Waals surface area contributed by atoms with Gasteiger partial charge in [0.15, 0.2) is 5.72 Å². The van der Waals surface area contributed by atoms with Crippen molar-refractivity contribution in [2.75, 3.05) is 26.3 Å². The van der Waals surface area contributed by atoms with Crippen LogP contribution in [0.25, 0.3) is 0 Å². The van der Waals surface area contributed by atoms with Crippen molar-refractivity contribution in [1.82, 2.24) is 4.90 Å². The molecule has 48 heavy (non-hydrogen) atoms. The second kappa shape index (κ2) is 38.1. The number of rotatable bonds is 41. The molecule has 1 atom stereocenters. The molecule has 6 nitrogen and oxygen atoms in total. The predicted octanol–water partition coefficient (Wildman–Crippen LogP) is 12.9. The molecule has 0 fully saturated rings. The SMILES string of the molecule is CCCCCCCCCCCCCCCCCCC(CCCCCCCCCCCCCCCCCC)(O[P+](=O)O)N(CCO)CCO. The third kappa shape index (κ3) is 30.7. The zero-order valence-corrected chi connectivity index (χ0v) is 33.3. The van der Waals surface area contributed by atoms with Gasteiger partial charge < -0.3 is 10.2 Å². The average molecular weight is 703 g/mol. The van der Waals surface area contributed by atoms with E-state index in [-0.39, 0.29) is 13.2 Å². The Balaban J connectivity index is 4.30. The lowest BCUT2D eigenvalue weighted by molar-refractivity contribution is -0.111. The molecule has 0 aromatic rings. The molecule has 7 heteroatoms. The lowest BCUT2D eigenvalue weighted by Gasteiger charge is -2.39. The molecule has 0 saturated carbocycles. The van der Waals surface area contributed by atoms with Gasteiger partial charge in [0.2, 0.25) is 0 Å². The minimum atomic E-state index is -2.79. The molecule has 3 N–H and O–H groups in total. The summed E-state index contributed by atoms with van der Waals surface area (Å²) in [6.45, 7) is 5.10. The van der Waals surface area contributed by atoms with E-state index >= 15 is 0 Å². The first-order valence-corrected chi connectivity index (χ1v) is 22.5. The largest absolute Gasteiger partial charge is 0.696 e. The van der Waals surface area contributed by atoms with E-state index in [9.17, 15) is 19.7 Å². The molecule has 0 saturated heterocycles. The van der Waals surface area contributed by atoms with Gasteiger partial charge in [-0.15, -0.1) is 4.89 Å². The van der Waals surface area contributed by atoms with Gasteiger partial charge >= 0.3 is 8.25 Å². The first kappa shape index (κ1) is 47.9. The smallest absolute Gasteiger partial charge is 0.395 e. The zero-order chi connectivity index (χ0) is 35.2. The minimum absolute atomic E-state index is 0.0642. The highest BCUT2D eigenvalue weighted by molar-refractivity contribution is 7.32. The molecule has 0 aliphatic carbocycles. The van der Waals surface area contributed by atoms with Crippen molar-refractivity contribution in [2.24, 2.45) is 0 Å². The number of hydrogen-bond acceptors (Lipinski definition) is 5. The van der Waals surface area contributed by atoms with Crippen molar-refractivity contribution >= 4 is 8.25 Å². The van der Waals surface area contributed by atoms with Gasteiger partial charge in [-0.05, 0) is 25.7 Å². The number of aliphatic hydroxyl groups excluding tert-OH is 2. The van der Waals surface area contributed by atoms with Crippen LogP contribution in [0.15, 0.2) is 0 Å². The molecule has 0 aliphatic heterocycles. The van der Waals surface area contributed by atoms with E-state index in [0.29, 0.717) is 25.9 Å². The molecule has 1 unspecified atom stereocenters. The van der Waals surface area contributed by atoms with Gasteiger partial charge in [-0.1, -0.05) is 211 Å². The highest BCUT2D eigenvalue weighted by Crippen LogP contribution is 2.38. The molecule has 0 heterocycles. The molecule has 0 spiro atoms. The predicted molar refractivity (Wildman–Crippen MR) is 208 cm³/mol. The fraction of sp³-hybridized carbons (Fsp3) is 1.00. The van der Waals surface area contributed by atoms with E-state index in [2.05, 4.69) is 13.8 Å². The first-order valence-electron chi connectivity index (χ1n) is 21.4. The quantitative estimate of drug-likeness (QED) is 0.0334. The van der Waals surface area contributed by atoms with Gasteiger partial charge in [-0.25, -0.2) is 0 Å². The molecule has 0 amide bonds. The monoisotopic (exact) mass is 703 g/mol. The lowest BCUT2D eigenvalue weighted by Crippen LogP contribution is -2.52. The van der Waals surface area contributed by atoms with Crippen molar-refractivity contribution in [1.29, 1.82) is 0 Å². The Morgan fingerprint density at radius 3 is 0.875 bits per heavy atom. The summed E-state index contributed by atoms with van der Waals surface area (Å²) in [6.07, 6.45) is 43.2. The fourth-order valence-electron chi connectivity index (χ4n) is 7.39.